The van der Waals surface area contributed by atoms with Gasteiger partial charge < -0.3 is 19.7 Å². The number of para-hydroxylation sites is 1. The molecule has 1 spiro atoms. The van der Waals surface area contributed by atoms with E-state index in [1.54, 1.807) is 0 Å². The van der Waals surface area contributed by atoms with E-state index in [1.807, 2.05) is 60.7 Å². The number of anilines is 3. The Labute approximate surface area is 227 Å². The van der Waals surface area contributed by atoms with Gasteiger partial charge in [0.15, 0.2) is 5.60 Å². The Morgan fingerprint density at radius 2 is 1.54 bits per heavy atom. The van der Waals surface area contributed by atoms with E-state index in [2.05, 4.69) is 66.5 Å². The summed E-state index contributed by atoms with van der Waals surface area (Å²) in [5, 5.41) is 5.49. The van der Waals surface area contributed by atoms with Gasteiger partial charge in [0, 0.05) is 47.3 Å². The number of benzene rings is 5. The van der Waals surface area contributed by atoms with Crippen molar-refractivity contribution >= 4 is 33.8 Å². The zero-order valence-corrected chi connectivity index (χ0v) is 21.9. The van der Waals surface area contributed by atoms with Crippen molar-refractivity contribution in [3.63, 3.8) is 0 Å². The molecule has 2 heterocycles. The highest BCUT2D eigenvalue weighted by atomic mass is 16.6. The fourth-order valence-electron chi connectivity index (χ4n) is 6.05. The quantitative estimate of drug-likeness (QED) is 0.242. The molecule has 0 saturated carbocycles. The molecule has 0 amide bonds. The summed E-state index contributed by atoms with van der Waals surface area (Å²) in [6.45, 7) is 6.06. The Morgan fingerprint density at radius 1 is 0.744 bits per heavy atom. The molecule has 2 aliphatic heterocycles. The van der Waals surface area contributed by atoms with Gasteiger partial charge in [-0.25, -0.2) is 4.79 Å². The van der Waals surface area contributed by atoms with Gasteiger partial charge >= 0.3 is 5.97 Å². The van der Waals surface area contributed by atoms with Crippen molar-refractivity contribution in [3.8, 4) is 11.5 Å². The lowest BCUT2D eigenvalue weighted by Gasteiger charge is -2.38. The van der Waals surface area contributed by atoms with E-state index in [-0.39, 0.29) is 5.97 Å². The predicted octanol–water partition coefficient (Wildman–Crippen LogP) is 8.00. The van der Waals surface area contributed by atoms with Gasteiger partial charge in [-0.3, -0.25) is 0 Å². The number of hydrogen-bond acceptors (Lipinski definition) is 5. The van der Waals surface area contributed by atoms with Gasteiger partial charge in [0.05, 0.1) is 11.1 Å². The Kier molecular flexibility index (Phi) is 5.34. The lowest BCUT2D eigenvalue weighted by atomic mass is 9.76. The van der Waals surface area contributed by atoms with Crippen LogP contribution in [0.1, 0.15) is 40.9 Å². The number of hydrogen-bond donors (Lipinski definition) is 1. The number of rotatable bonds is 5. The molecule has 192 valence electrons. The molecule has 39 heavy (non-hydrogen) atoms. The minimum absolute atomic E-state index is 0.323. The van der Waals surface area contributed by atoms with Crippen molar-refractivity contribution in [1.82, 2.24) is 0 Å². The minimum Gasteiger partial charge on any atom is -0.456 e. The molecule has 0 bridgehead atoms. The third-order valence-corrected chi connectivity index (χ3v) is 7.86. The van der Waals surface area contributed by atoms with E-state index >= 15 is 0 Å². The van der Waals surface area contributed by atoms with Crippen LogP contribution in [0.3, 0.4) is 0 Å². The fraction of sp³-hybridized carbons (Fsp3) is 0.147. The van der Waals surface area contributed by atoms with Crippen LogP contribution in [-0.2, 0) is 10.3 Å². The van der Waals surface area contributed by atoms with Crippen LogP contribution in [0.4, 0.5) is 17.1 Å². The van der Waals surface area contributed by atoms with Crippen molar-refractivity contribution in [2.24, 2.45) is 0 Å². The minimum atomic E-state index is -1.10. The Balaban J connectivity index is 1.46. The third-order valence-electron chi connectivity index (χ3n) is 7.86. The predicted molar refractivity (Wildman–Crippen MR) is 155 cm³/mol. The van der Waals surface area contributed by atoms with Crippen LogP contribution < -0.4 is 15.0 Å². The van der Waals surface area contributed by atoms with Gasteiger partial charge in [0.1, 0.15) is 11.5 Å². The maximum absolute atomic E-state index is 13.3. The summed E-state index contributed by atoms with van der Waals surface area (Å²) in [5.74, 6) is 1.08. The van der Waals surface area contributed by atoms with Gasteiger partial charge in [-0.15, -0.1) is 0 Å². The van der Waals surface area contributed by atoms with Crippen molar-refractivity contribution in [2.45, 2.75) is 19.4 Å². The van der Waals surface area contributed by atoms with Gasteiger partial charge in [-0.1, -0.05) is 48.5 Å². The summed E-state index contributed by atoms with van der Waals surface area (Å²) in [5.41, 5.74) is 5.09. The second-order valence-corrected chi connectivity index (χ2v) is 9.94. The first-order chi connectivity index (χ1) is 19.1. The number of nitrogens with zero attached hydrogens (tertiary/aromatic N) is 1. The van der Waals surface area contributed by atoms with Crippen LogP contribution in [0.5, 0.6) is 11.5 Å². The molecule has 1 unspecified atom stereocenters. The lowest BCUT2D eigenvalue weighted by Crippen LogP contribution is -2.33. The topological polar surface area (TPSA) is 50.8 Å². The third kappa shape index (κ3) is 3.50. The molecule has 0 aliphatic carbocycles. The van der Waals surface area contributed by atoms with Crippen molar-refractivity contribution in [2.75, 3.05) is 23.3 Å². The Morgan fingerprint density at radius 3 is 2.36 bits per heavy atom. The second kappa shape index (κ2) is 8.91. The average molecular weight is 513 g/mol. The van der Waals surface area contributed by atoms with Crippen LogP contribution in [0, 0.1) is 0 Å². The number of carbonyl (C=O) groups excluding carboxylic acids is 1. The van der Waals surface area contributed by atoms with Crippen LogP contribution >= 0.6 is 0 Å². The number of carbonyl (C=O) groups is 1. The molecule has 5 nitrogen and oxygen atoms in total. The van der Waals surface area contributed by atoms with E-state index in [0.717, 1.165) is 57.6 Å². The summed E-state index contributed by atoms with van der Waals surface area (Å²) >= 11 is 0. The highest BCUT2D eigenvalue weighted by Gasteiger charge is 2.54. The number of ether oxygens (including phenoxy) is 2. The van der Waals surface area contributed by atoms with Crippen molar-refractivity contribution < 1.29 is 14.3 Å². The van der Waals surface area contributed by atoms with Gasteiger partial charge in [-0.05, 0) is 73.2 Å². The molecule has 0 aromatic heterocycles. The molecule has 1 atom stereocenters. The maximum atomic E-state index is 13.3. The average Bonchev–Trinajstić information content (AvgIpc) is 3.26. The number of fused-ring (bicyclic) bond motifs is 8. The zero-order chi connectivity index (χ0) is 26.6. The first kappa shape index (κ1) is 23.4. The number of nitrogens with one attached hydrogen (secondary N) is 1. The van der Waals surface area contributed by atoms with Crippen LogP contribution in [0.25, 0.3) is 10.8 Å². The molecule has 0 radical (unpaired) electrons. The highest BCUT2D eigenvalue weighted by molar-refractivity contribution is 6.00. The molecule has 5 aromatic carbocycles. The summed E-state index contributed by atoms with van der Waals surface area (Å²) in [4.78, 5) is 15.6. The normalized spacial score (nSPS) is 16.7. The molecule has 1 N–H and O–H groups in total. The molecule has 7 rings (SSSR count). The maximum Gasteiger partial charge on any atom is 0.340 e. The molecular formula is C34H28N2O3. The standard InChI is InChI=1S/C34H28N2O3/c1-3-36(4-2)25-16-18-29-31(21-25)38-30-19-14-22-20-24(35-23-10-6-5-7-11-23)15-17-26(22)32(30)34(29)28-13-9-8-12-27(28)33(37)39-34/h5-21,35H,3-4H2,1-2H3. The molecular weight excluding hydrogens is 484 g/mol. The van der Waals surface area contributed by atoms with E-state index < -0.39 is 5.60 Å². The summed E-state index contributed by atoms with van der Waals surface area (Å²) in [7, 11) is 0. The van der Waals surface area contributed by atoms with Crippen molar-refractivity contribution in [3.05, 3.63) is 125 Å². The van der Waals surface area contributed by atoms with Crippen LogP contribution in [0.2, 0.25) is 0 Å². The highest BCUT2D eigenvalue weighted by Crippen LogP contribution is 2.58. The van der Waals surface area contributed by atoms with Crippen LogP contribution in [0.15, 0.2) is 103 Å². The van der Waals surface area contributed by atoms with Crippen LogP contribution in [-0.4, -0.2) is 19.1 Å². The zero-order valence-electron chi connectivity index (χ0n) is 21.9. The fourth-order valence-corrected chi connectivity index (χ4v) is 6.05. The largest absolute Gasteiger partial charge is 0.456 e. The van der Waals surface area contributed by atoms with E-state index in [1.165, 1.54) is 0 Å². The lowest BCUT2D eigenvalue weighted by molar-refractivity contribution is 0.0229. The monoisotopic (exact) mass is 512 g/mol. The van der Waals surface area contributed by atoms with E-state index in [4.69, 9.17) is 9.47 Å². The molecule has 5 heteroatoms. The SMILES string of the molecule is CCN(CC)c1ccc2c(c1)Oc1ccc3cc(Nc4ccccc4)ccc3c1C21OC(=O)c2ccccc21. The molecule has 0 saturated heterocycles. The van der Waals surface area contributed by atoms with Gasteiger partial charge in [0.25, 0.3) is 0 Å². The molecule has 5 aromatic rings. The summed E-state index contributed by atoms with van der Waals surface area (Å²) in [6, 6.07) is 34.4. The summed E-state index contributed by atoms with van der Waals surface area (Å²) < 4.78 is 13.0. The Hall–Kier alpha value is -4.77. The molecule has 2 aliphatic rings. The van der Waals surface area contributed by atoms with E-state index in [0.29, 0.717) is 17.1 Å². The summed E-state index contributed by atoms with van der Waals surface area (Å²) in [6.07, 6.45) is 0. The Bertz CT molecular complexity index is 1740. The van der Waals surface area contributed by atoms with E-state index in [9.17, 15) is 4.79 Å². The number of esters is 1. The first-order valence-corrected chi connectivity index (χ1v) is 13.4. The van der Waals surface area contributed by atoms with Crippen molar-refractivity contribution in [1.29, 1.82) is 0 Å². The van der Waals surface area contributed by atoms with Gasteiger partial charge in [-0.2, -0.15) is 0 Å². The second-order valence-electron chi connectivity index (χ2n) is 9.94. The van der Waals surface area contributed by atoms with Gasteiger partial charge in [0.2, 0.25) is 0 Å². The smallest absolute Gasteiger partial charge is 0.340 e. The molecule has 0 fully saturated rings. The first-order valence-electron chi connectivity index (χ1n) is 13.4.